The Kier molecular flexibility index (Phi) is 4.50. The van der Waals surface area contributed by atoms with Crippen LogP contribution in [-0.4, -0.2) is 37.3 Å². The summed E-state index contributed by atoms with van der Waals surface area (Å²) in [6, 6.07) is 7.45. The largest absolute Gasteiger partial charge is 0.435 e. The zero-order valence-electron chi connectivity index (χ0n) is 16.7. The van der Waals surface area contributed by atoms with Crippen LogP contribution >= 0.6 is 0 Å². The zero-order valence-corrected chi connectivity index (χ0v) is 16.7. The summed E-state index contributed by atoms with van der Waals surface area (Å²) in [4.78, 5) is 31.4. The summed E-state index contributed by atoms with van der Waals surface area (Å²) >= 11 is 0. The van der Waals surface area contributed by atoms with E-state index in [1.54, 1.807) is 35.6 Å². The Balaban J connectivity index is 1.60. The Bertz CT molecular complexity index is 1310. The first-order valence-electron chi connectivity index (χ1n) is 9.80. The molecule has 3 aromatic heterocycles. The minimum atomic E-state index is -0.703. The average molecular weight is 418 g/mol. The number of nitrogens with two attached hydrogens (primary N) is 1. The Morgan fingerprint density at radius 2 is 2.19 bits per heavy atom. The highest BCUT2D eigenvalue weighted by atomic mass is 19.1. The lowest BCUT2D eigenvalue weighted by Crippen LogP contribution is -2.41. The minimum Gasteiger partial charge on any atom is -0.435 e. The number of amides is 1. The van der Waals surface area contributed by atoms with Gasteiger partial charge in [-0.15, -0.1) is 0 Å². The Morgan fingerprint density at radius 3 is 2.94 bits per heavy atom. The normalized spacial score (nSPS) is 16.5. The number of carbonyl (C=O) groups excluding carboxylic acids is 1. The Hall–Kier alpha value is -4.01. The van der Waals surface area contributed by atoms with Crippen LogP contribution in [0.25, 0.3) is 16.7 Å². The van der Waals surface area contributed by atoms with E-state index >= 15 is 0 Å². The average Bonchev–Trinajstić information content (AvgIpc) is 3.42. The number of para-hydroxylation sites is 1. The molecule has 3 N–H and O–H groups in total. The molecule has 0 unspecified atom stereocenters. The van der Waals surface area contributed by atoms with Gasteiger partial charge < -0.3 is 20.0 Å². The smallest absolute Gasteiger partial charge is 0.258 e. The number of nitrogens with one attached hydrogen (secondary N) is 1. The van der Waals surface area contributed by atoms with E-state index in [2.05, 4.69) is 19.9 Å². The molecule has 0 saturated heterocycles. The van der Waals surface area contributed by atoms with Crippen molar-refractivity contribution in [3.05, 3.63) is 83.4 Å². The van der Waals surface area contributed by atoms with Crippen molar-refractivity contribution >= 4 is 22.6 Å². The Labute approximate surface area is 176 Å². The van der Waals surface area contributed by atoms with Crippen molar-refractivity contribution in [3.63, 3.8) is 0 Å². The molecule has 4 aromatic rings. The van der Waals surface area contributed by atoms with Crippen molar-refractivity contribution < 1.29 is 13.6 Å². The van der Waals surface area contributed by atoms with Crippen LogP contribution in [0.3, 0.4) is 0 Å². The third kappa shape index (κ3) is 3.14. The molecule has 4 heterocycles. The van der Waals surface area contributed by atoms with E-state index in [1.165, 1.54) is 12.3 Å². The lowest BCUT2D eigenvalue weighted by atomic mass is 10.0. The second-order valence-electron chi connectivity index (χ2n) is 7.36. The number of halogens is 1. The van der Waals surface area contributed by atoms with Crippen molar-refractivity contribution in [1.82, 2.24) is 24.8 Å². The molecular weight excluding hydrogens is 399 g/mol. The highest BCUT2D eigenvalue weighted by Crippen LogP contribution is 2.36. The molecule has 9 heteroatoms. The molecule has 1 aliphatic rings. The molecule has 1 aliphatic heterocycles. The van der Waals surface area contributed by atoms with Crippen LogP contribution in [0.15, 0.2) is 53.5 Å². The molecule has 5 rings (SSSR count). The topological polar surface area (TPSA) is 114 Å². The quantitative estimate of drug-likeness (QED) is 0.495. The summed E-state index contributed by atoms with van der Waals surface area (Å²) in [7, 11) is 0. The first-order valence-corrected chi connectivity index (χ1v) is 9.80. The van der Waals surface area contributed by atoms with Gasteiger partial charge in [0.25, 0.3) is 5.91 Å². The second-order valence-corrected chi connectivity index (χ2v) is 7.36. The van der Waals surface area contributed by atoms with Gasteiger partial charge in [0.15, 0.2) is 17.4 Å². The van der Waals surface area contributed by atoms with E-state index in [-0.39, 0.29) is 23.0 Å². The van der Waals surface area contributed by atoms with Crippen molar-refractivity contribution in [3.8, 4) is 0 Å². The second kappa shape index (κ2) is 7.35. The predicted octanol–water partition coefficient (Wildman–Crippen LogP) is 2.87. The summed E-state index contributed by atoms with van der Waals surface area (Å²) < 4.78 is 20.0. The lowest BCUT2D eigenvalue weighted by molar-refractivity contribution is -0.127. The summed E-state index contributed by atoms with van der Waals surface area (Å²) in [6.07, 6.45) is 5.05. The van der Waals surface area contributed by atoms with Crippen LogP contribution in [0.5, 0.6) is 0 Å². The van der Waals surface area contributed by atoms with Crippen molar-refractivity contribution in [2.45, 2.75) is 19.4 Å². The van der Waals surface area contributed by atoms with Gasteiger partial charge in [-0.05, 0) is 30.7 Å². The fraction of sp³-hybridized carbons (Fsp3) is 0.182. The van der Waals surface area contributed by atoms with Gasteiger partial charge in [-0.25, -0.2) is 14.4 Å². The Morgan fingerprint density at radius 1 is 1.32 bits per heavy atom. The monoisotopic (exact) mass is 418 g/mol. The molecule has 31 heavy (non-hydrogen) atoms. The summed E-state index contributed by atoms with van der Waals surface area (Å²) in [5.41, 5.74) is 9.45. The molecule has 0 aliphatic carbocycles. The van der Waals surface area contributed by atoms with Gasteiger partial charge >= 0.3 is 0 Å². The fourth-order valence-corrected chi connectivity index (χ4v) is 3.85. The van der Waals surface area contributed by atoms with Gasteiger partial charge in [-0.1, -0.05) is 12.1 Å². The number of aryl methyl sites for hydroxylation is 1. The number of oxazole rings is 1. The minimum absolute atomic E-state index is 0.0475. The van der Waals surface area contributed by atoms with Crippen molar-refractivity contribution in [1.29, 1.82) is 0 Å². The first-order chi connectivity index (χ1) is 15.1. The van der Waals surface area contributed by atoms with E-state index in [0.717, 1.165) is 11.3 Å². The third-order valence-electron chi connectivity index (χ3n) is 5.39. The number of H-pyrrole nitrogens is 1. The maximum absolute atomic E-state index is 14.2. The van der Waals surface area contributed by atoms with Gasteiger partial charge in [0, 0.05) is 25.4 Å². The van der Waals surface area contributed by atoms with Gasteiger partial charge in [-0.3, -0.25) is 9.78 Å². The number of benzene rings is 1. The molecule has 1 aromatic carbocycles. The van der Waals surface area contributed by atoms with Crippen LogP contribution in [0.2, 0.25) is 0 Å². The van der Waals surface area contributed by atoms with Crippen LogP contribution in [0.1, 0.15) is 34.6 Å². The summed E-state index contributed by atoms with van der Waals surface area (Å²) in [5, 5.41) is 0. The maximum atomic E-state index is 14.2. The van der Waals surface area contributed by atoms with Crippen LogP contribution < -0.4 is 5.73 Å². The highest BCUT2D eigenvalue weighted by molar-refractivity contribution is 6.19. The number of fused-ring (bicyclic) bond motifs is 2. The van der Waals surface area contributed by atoms with E-state index in [1.807, 2.05) is 13.0 Å². The van der Waals surface area contributed by atoms with Crippen molar-refractivity contribution in [2.75, 3.05) is 6.54 Å². The molecular formula is C22H19FN6O2. The third-order valence-corrected chi connectivity index (χ3v) is 5.39. The van der Waals surface area contributed by atoms with Crippen LogP contribution in [0, 0.1) is 12.7 Å². The fourth-order valence-electron chi connectivity index (χ4n) is 3.85. The maximum Gasteiger partial charge on any atom is 0.258 e. The van der Waals surface area contributed by atoms with Crippen LogP contribution in [-0.2, 0) is 11.2 Å². The number of imidazole rings is 1. The molecule has 0 bridgehead atoms. The van der Waals surface area contributed by atoms with E-state index in [9.17, 15) is 9.18 Å². The predicted molar refractivity (Wildman–Crippen MR) is 111 cm³/mol. The zero-order chi connectivity index (χ0) is 21.5. The van der Waals surface area contributed by atoms with Gasteiger partial charge in [0.1, 0.15) is 5.52 Å². The van der Waals surface area contributed by atoms with E-state index in [0.29, 0.717) is 29.9 Å². The van der Waals surface area contributed by atoms with E-state index in [4.69, 9.17) is 10.2 Å². The van der Waals surface area contributed by atoms with Gasteiger partial charge in [0.2, 0.25) is 5.89 Å². The van der Waals surface area contributed by atoms with Gasteiger partial charge in [0.05, 0.1) is 29.0 Å². The molecule has 0 radical (unpaired) electrons. The number of pyridine rings is 1. The number of carbonyl (C=O) groups is 1. The van der Waals surface area contributed by atoms with Crippen molar-refractivity contribution in [2.24, 2.45) is 5.73 Å². The molecule has 0 saturated carbocycles. The number of nitrogens with zero attached hydrogens (tertiary/aromatic N) is 4. The number of aromatic amines is 1. The molecule has 8 nitrogen and oxygen atoms in total. The SMILES string of the molecule is Cc1ccc(/C(=C\N)C(=O)N2CCc3nc[nH]c3[C@H]2c2nc3cccc(F)c3o2)nc1. The lowest BCUT2D eigenvalue weighted by Gasteiger charge is -2.33. The van der Waals surface area contributed by atoms with E-state index < -0.39 is 11.9 Å². The van der Waals surface area contributed by atoms with Crippen LogP contribution in [0.4, 0.5) is 4.39 Å². The molecule has 156 valence electrons. The molecule has 1 amide bonds. The van der Waals surface area contributed by atoms with Gasteiger partial charge in [-0.2, -0.15) is 0 Å². The summed E-state index contributed by atoms with van der Waals surface area (Å²) in [5.74, 6) is -0.639. The first kappa shape index (κ1) is 19.0. The molecule has 0 fully saturated rings. The number of hydrogen-bond donors (Lipinski definition) is 2. The summed E-state index contributed by atoms with van der Waals surface area (Å²) in [6.45, 7) is 2.28. The standard InChI is InChI=1S/C22H19FN6O2/c1-12-5-6-15(25-10-12)13(9-24)22(30)29-8-7-16-18(27-11-26-16)19(29)21-28-17-4-2-3-14(23)20(17)31-21/h2-6,9-11,19H,7-8,24H2,1H3,(H,26,27)/b13-9+/t19-/m0/s1. The number of rotatable bonds is 3. The molecule has 0 spiro atoms. The molecule has 1 atom stereocenters. The number of hydrogen-bond acceptors (Lipinski definition) is 6. The number of aromatic nitrogens is 4. The highest BCUT2D eigenvalue weighted by Gasteiger charge is 2.38.